The molecule has 0 N–H and O–H groups in total. The zero-order valence-corrected chi connectivity index (χ0v) is 17.5. The Kier molecular flexibility index (Phi) is 6.22. The van der Waals surface area contributed by atoms with Crippen molar-refractivity contribution < 1.29 is 9.53 Å². The van der Waals surface area contributed by atoms with Crippen LogP contribution in [0.15, 0.2) is 83.7 Å². The predicted octanol–water partition coefficient (Wildman–Crippen LogP) is 5.13. The van der Waals surface area contributed by atoms with Crippen molar-refractivity contribution >= 4 is 22.0 Å². The number of carbonyl (C=O) groups is 1. The summed E-state index contributed by atoms with van der Waals surface area (Å²) in [6, 6.07) is 17.8. The summed E-state index contributed by atoms with van der Waals surface area (Å²) in [6.07, 6.45) is 8.38. The van der Waals surface area contributed by atoms with E-state index in [1.54, 1.807) is 17.1 Å². The lowest BCUT2D eigenvalue weighted by atomic mass is 10.1. The number of imidazole rings is 1. The molecule has 0 saturated heterocycles. The van der Waals surface area contributed by atoms with Crippen molar-refractivity contribution in [3.05, 3.63) is 89.3 Å². The summed E-state index contributed by atoms with van der Waals surface area (Å²) in [4.78, 5) is 19.3. The number of benzene rings is 2. The summed E-state index contributed by atoms with van der Waals surface area (Å²) >= 11 is 3.44. The standard InChI is InChI=1S/C23H22BrN3O2/c24-20-11-9-19(10-12-20)22-14-26(17-25-22)23(28)27-13-5-4-8-21(27)16-29-15-18-6-2-1-3-7-18/h1-4,6-12,14,17,21H,5,13,15-16H2/t21-/m1/s1. The van der Waals surface area contributed by atoms with Crippen LogP contribution in [0.2, 0.25) is 0 Å². The molecule has 0 saturated carbocycles. The number of ether oxygens (including phenoxy) is 1. The van der Waals surface area contributed by atoms with Gasteiger partial charge >= 0.3 is 6.03 Å². The van der Waals surface area contributed by atoms with Gasteiger partial charge in [-0.05, 0) is 24.1 Å². The minimum atomic E-state index is -0.0847. The normalized spacial score (nSPS) is 16.2. The first-order valence-corrected chi connectivity index (χ1v) is 10.4. The van der Waals surface area contributed by atoms with Gasteiger partial charge in [0.1, 0.15) is 6.33 Å². The predicted molar refractivity (Wildman–Crippen MR) is 117 cm³/mol. The molecule has 2 aromatic carbocycles. The lowest BCUT2D eigenvalue weighted by Crippen LogP contribution is -2.45. The van der Waals surface area contributed by atoms with Crippen LogP contribution in [0.3, 0.4) is 0 Å². The van der Waals surface area contributed by atoms with E-state index < -0.39 is 0 Å². The van der Waals surface area contributed by atoms with Gasteiger partial charge in [-0.1, -0.05) is 70.5 Å². The smallest absolute Gasteiger partial charge is 0.330 e. The number of halogens is 1. The van der Waals surface area contributed by atoms with E-state index in [0.29, 0.717) is 19.8 Å². The maximum atomic E-state index is 13.1. The van der Waals surface area contributed by atoms with E-state index in [1.165, 1.54) is 0 Å². The second-order valence-corrected chi connectivity index (χ2v) is 7.85. The van der Waals surface area contributed by atoms with Crippen molar-refractivity contribution in [2.24, 2.45) is 0 Å². The van der Waals surface area contributed by atoms with Gasteiger partial charge in [0.2, 0.25) is 0 Å². The minimum absolute atomic E-state index is 0.0847. The van der Waals surface area contributed by atoms with Crippen LogP contribution in [-0.4, -0.2) is 39.7 Å². The first kappa shape index (κ1) is 19.6. The quantitative estimate of drug-likeness (QED) is 0.505. The molecule has 1 aromatic heterocycles. The molecule has 1 aliphatic rings. The van der Waals surface area contributed by atoms with Crippen LogP contribution in [0, 0.1) is 0 Å². The fourth-order valence-corrected chi connectivity index (χ4v) is 3.60. The average molecular weight is 452 g/mol. The van der Waals surface area contributed by atoms with Crippen LogP contribution in [0.25, 0.3) is 11.3 Å². The Morgan fingerprint density at radius 3 is 2.72 bits per heavy atom. The second-order valence-electron chi connectivity index (χ2n) is 6.93. The molecule has 6 heteroatoms. The third-order valence-electron chi connectivity index (χ3n) is 4.88. The van der Waals surface area contributed by atoms with E-state index in [-0.39, 0.29) is 12.1 Å². The fraction of sp³-hybridized carbons (Fsp3) is 0.217. The van der Waals surface area contributed by atoms with Gasteiger partial charge in [-0.2, -0.15) is 0 Å². The number of hydrogen-bond acceptors (Lipinski definition) is 3. The minimum Gasteiger partial charge on any atom is -0.374 e. The fourth-order valence-electron chi connectivity index (χ4n) is 3.34. The van der Waals surface area contributed by atoms with Gasteiger partial charge in [0.15, 0.2) is 0 Å². The van der Waals surface area contributed by atoms with Gasteiger partial charge < -0.3 is 9.64 Å². The van der Waals surface area contributed by atoms with Crippen LogP contribution in [0.5, 0.6) is 0 Å². The van der Waals surface area contributed by atoms with Crippen molar-refractivity contribution in [1.82, 2.24) is 14.5 Å². The molecule has 0 spiro atoms. The molecule has 5 nitrogen and oxygen atoms in total. The lowest BCUT2D eigenvalue weighted by Gasteiger charge is -2.32. The van der Waals surface area contributed by atoms with Crippen LogP contribution in [0.1, 0.15) is 12.0 Å². The molecule has 29 heavy (non-hydrogen) atoms. The highest BCUT2D eigenvalue weighted by molar-refractivity contribution is 9.10. The van der Waals surface area contributed by atoms with Crippen LogP contribution < -0.4 is 0 Å². The van der Waals surface area contributed by atoms with Gasteiger partial charge in [-0.15, -0.1) is 0 Å². The molecule has 0 unspecified atom stereocenters. The number of carbonyl (C=O) groups excluding carboxylic acids is 1. The summed E-state index contributed by atoms with van der Waals surface area (Å²) in [5.41, 5.74) is 2.87. The molecule has 0 bridgehead atoms. The molecule has 0 aliphatic carbocycles. The highest BCUT2D eigenvalue weighted by Crippen LogP contribution is 2.21. The lowest BCUT2D eigenvalue weighted by molar-refractivity contribution is 0.0755. The van der Waals surface area contributed by atoms with Crippen LogP contribution in [-0.2, 0) is 11.3 Å². The summed E-state index contributed by atoms with van der Waals surface area (Å²) in [5, 5.41) is 0. The van der Waals surface area contributed by atoms with E-state index in [4.69, 9.17) is 4.74 Å². The first-order chi connectivity index (χ1) is 14.2. The van der Waals surface area contributed by atoms with Crippen molar-refractivity contribution in [2.75, 3.05) is 13.2 Å². The monoisotopic (exact) mass is 451 g/mol. The van der Waals surface area contributed by atoms with Gasteiger partial charge in [0, 0.05) is 22.8 Å². The largest absolute Gasteiger partial charge is 0.374 e. The van der Waals surface area contributed by atoms with Crippen LogP contribution in [0.4, 0.5) is 4.79 Å². The molecule has 1 aliphatic heterocycles. The molecule has 1 atom stereocenters. The first-order valence-electron chi connectivity index (χ1n) is 9.60. The van der Waals surface area contributed by atoms with E-state index in [1.807, 2.05) is 59.5 Å². The van der Waals surface area contributed by atoms with Crippen molar-refractivity contribution in [3.8, 4) is 11.3 Å². The number of hydrogen-bond donors (Lipinski definition) is 0. The number of nitrogens with zero attached hydrogens (tertiary/aromatic N) is 3. The SMILES string of the molecule is O=C(N1CCC=C[C@@H]1COCc1ccccc1)n1cnc(-c2ccc(Br)cc2)c1. The van der Waals surface area contributed by atoms with E-state index >= 15 is 0 Å². The van der Waals surface area contributed by atoms with Gasteiger partial charge in [0.05, 0.1) is 24.9 Å². The number of amides is 1. The zero-order valence-electron chi connectivity index (χ0n) is 15.9. The molecule has 0 fully saturated rings. The Morgan fingerprint density at radius 1 is 1.14 bits per heavy atom. The van der Waals surface area contributed by atoms with Crippen LogP contribution >= 0.6 is 15.9 Å². The molecule has 3 aromatic rings. The Labute approximate surface area is 178 Å². The Morgan fingerprint density at radius 2 is 1.93 bits per heavy atom. The summed E-state index contributed by atoms with van der Waals surface area (Å²) in [7, 11) is 0. The molecular formula is C23H22BrN3O2. The zero-order chi connectivity index (χ0) is 20.1. The Hall–Kier alpha value is -2.70. The van der Waals surface area contributed by atoms with E-state index in [0.717, 1.165) is 27.7 Å². The van der Waals surface area contributed by atoms with Gasteiger partial charge in [-0.3, -0.25) is 4.57 Å². The van der Waals surface area contributed by atoms with Crippen molar-refractivity contribution in [3.63, 3.8) is 0 Å². The maximum absolute atomic E-state index is 13.1. The molecule has 0 radical (unpaired) electrons. The van der Waals surface area contributed by atoms with Crippen molar-refractivity contribution in [2.45, 2.75) is 19.1 Å². The van der Waals surface area contributed by atoms with E-state index in [9.17, 15) is 4.79 Å². The topological polar surface area (TPSA) is 47.4 Å². The summed E-state index contributed by atoms with van der Waals surface area (Å²) in [6.45, 7) is 1.66. The highest BCUT2D eigenvalue weighted by Gasteiger charge is 2.25. The highest BCUT2D eigenvalue weighted by atomic mass is 79.9. The molecule has 2 heterocycles. The number of rotatable bonds is 5. The average Bonchev–Trinajstić information content (AvgIpc) is 3.25. The number of aromatic nitrogens is 2. The van der Waals surface area contributed by atoms with Gasteiger partial charge in [0.25, 0.3) is 0 Å². The molecular weight excluding hydrogens is 430 g/mol. The van der Waals surface area contributed by atoms with E-state index in [2.05, 4.69) is 33.1 Å². The third kappa shape index (κ3) is 4.83. The Balaban J connectivity index is 1.42. The Bertz CT molecular complexity index is 983. The molecule has 1 amide bonds. The summed E-state index contributed by atoms with van der Waals surface area (Å²) in [5.74, 6) is 0. The second kappa shape index (κ2) is 9.20. The molecule has 4 rings (SSSR count). The van der Waals surface area contributed by atoms with Crippen molar-refractivity contribution in [1.29, 1.82) is 0 Å². The molecule has 148 valence electrons. The maximum Gasteiger partial charge on any atom is 0.330 e. The third-order valence-corrected chi connectivity index (χ3v) is 5.41. The summed E-state index contributed by atoms with van der Waals surface area (Å²) < 4.78 is 8.45. The van der Waals surface area contributed by atoms with Gasteiger partial charge in [-0.25, -0.2) is 9.78 Å².